The highest BCUT2D eigenvalue weighted by molar-refractivity contribution is 5.39. The van der Waals surface area contributed by atoms with Crippen LogP contribution >= 0.6 is 0 Å². The van der Waals surface area contributed by atoms with Gasteiger partial charge in [0.2, 0.25) is 0 Å². The number of phenols is 1. The number of rotatable bonds is 2. The Morgan fingerprint density at radius 2 is 1.94 bits per heavy atom. The number of aromatic hydroxyl groups is 1. The van der Waals surface area contributed by atoms with Gasteiger partial charge in [-0.2, -0.15) is 0 Å². The summed E-state index contributed by atoms with van der Waals surface area (Å²) >= 11 is 0. The molecular formula is C16H22O. The lowest BCUT2D eigenvalue weighted by Crippen LogP contribution is -2.21. The highest BCUT2D eigenvalue weighted by Gasteiger charge is 2.28. The van der Waals surface area contributed by atoms with Gasteiger partial charge >= 0.3 is 0 Å². The van der Waals surface area contributed by atoms with Gasteiger partial charge in [-0.25, -0.2) is 0 Å². The predicted octanol–water partition coefficient (Wildman–Crippen LogP) is 4.49. The molecule has 1 heteroatoms. The first kappa shape index (κ1) is 12.2. The fourth-order valence-electron chi connectivity index (χ4n) is 2.93. The quantitative estimate of drug-likeness (QED) is 0.742. The third kappa shape index (κ3) is 2.54. The molecule has 2 atom stereocenters. The minimum Gasteiger partial charge on any atom is -0.508 e. The zero-order valence-electron chi connectivity index (χ0n) is 11.0. The van der Waals surface area contributed by atoms with Crippen molar-refractivity contribution in [3.8, 4) is 5.75 Å². The summed E-state index contributed by atoms with van der Waals surface area (Å²) in [6, 6.07) is 7.77. The molecule has 0 bridgehead atoms. The summed E-state index contributed by atoms with van der Waals surface area (Å²) in [7, 11) is 0. The van der Waals surface area contributed by atoms with Crippen LogP contribution in [-0.4, -0.2) is 5.11 Å². The third-order valence-electron chi connectivity index (χ3n) is 3.95. The van der Waals surface area contributed by atoms with E-state index in [4.69, 9.17) is 0 Å². The first-order valence-electron chi connectivity index (χ1n) is 6.54. The van der Waals surface area contributed by atoms with E-state index >= 15 is 0 Å². The van der Waals surface area contributed by atoms with Gasteiger partial charge in [-0.15, -0.1) is 0 Å². The molecule has 0 amide bonds. The molecule has 2 rings (SSSR count). The number of para-hydroxylation sites is 1. The van der Waals surface area contributed by atoms with Crippen molar-refractivity contribution in [1.29, 1.82) is 0 Å². The van der Waals surface area contributed by atoms with Crippen molar-refractivity contribution in [1.82, 2.24) is 0 Å². The van der Waals surface area contributed by atoms with Crippen LogP contribution in [0.5, 0.6) is 5.75 Å². The molecule has 92 valence electrons. The summed E-state index contributed by atoms with van der Waals surface area (Å²) in [5, 5.41) is 10.0. The van der Waals surface area contributed by atoms with E-state index in [1.807, 2.05) is 12.1 Å². The van der Waals surface area contributed by atoms with Crippen LogP contribution in [0.2, 0.25) is 0 Å². The van der Waals surface area contributed by atoms with Crippen LogP contribution in [-0.2, 0) is 0 Å². The maximum Gasteiger partial charge on any atom is 0.119 e. The van der Waals surface area contributed by atoms with Gasteiger partial charge in [0.1, 0.15) is 5.75 Å². The Morgan fingerprint density at radius 3 is 2.59 bits per heavy atom. The molecule has 1 aromatic carbocycles. The molecule has 0 aromatic heterocycles. The standard InChI is InChI=1S/C16H22O/c1-11(2)13-9-8-12(3)10-15(13)14-6-4-5-7-16(14)17/h4-7,10-11,13,15,17H,8-9H2,1-3H3/t13-,15+/m0/s1. The monoisotopic (exact) mass is 230 g/mol. The topological polar surface area (TPSA) is 20.2 Å². The first-order valence-corrected chi connectivity index (χ1v) is 6.54. The Balaban J connectivity index is 2.39. The Bertz CT molecular complexity index is 417. The molecule has 17 heavy (non-hydrogen) atoms. The summed E-state index contributed by atoms with van der Waals surface area (Å²) in [6.45, 7) is 6.77. The smallest absolute Gasteiger partial charge is 0.119 e. The van der Waals surface area contributed by atoms with E-state index in [0.717, 1.165) is 5.56 Å². The lowest BCUT2D eigenvalue weighted by molar-refractivity contribution is 0.310. The first-order chi connectivity index (χ1) is 8.09. The second-order valence-corrected chi connectivity index (χ2v) is 5.54. The number of hydrogen-bond donors (Lipinski definition) is 1. The van der Waals surface area contributed by atoms with Crippen molar-refractivity contribution in [2.24, 2.45) is 11.8 Å². The Kier molecular flexibility index (Phi) is 3.56. The van der Waals surface area contributed by atoms with Gasteiger partial charge in [-0.1, -0.05) is 43.7 Å². The lowest BCUT2D eigenvalue weighted by Gasteiger charge is -2.33. The van der Waals surface area contributed by atoms with Crippen LogP contribution in [0.3, 0.4) is 0 Å². The van der Waals surface area contributed by atoms with Crippen LogP contribution in [0.15, 0.2) is 35.9 Å². The van der Waals surface area contributed by atoms with E-state index < -0.39 is 0 Å². The zero-order chi connectivity index (χ0) is 12.4. The van der Waals surface area contributed by atoms with Crippen LogP contribution in [0, 0.1) is 11.8 Å². The SMILES string of the molecule is CC1=C[C@@H](c2ccccc2O)[C@H](C(C)C)CC1. The van der Waals surface area contributed by atoms with Gasteiger partial charge in [0.25, 0.3) is 0 Å². The predicted molar refractivity (Wildman–Crippen MR) is 72.2 cm³/mol. The lowest BCUT2D eigenvalue weighted by atomic mass is 9.72. The highest BCUT2D eigenvalue weighted by atomic mass is 16.3. The normalized spacial score (nSPS) is 24.8. The van der Waals surface area contributed by atoms with Crippen LogP contribution < -0.4 is 0 Å². The van der Waals surface area contributed by atoms with Gasteiger partial charge in [0, 0.05) is 11.5 Å². The minimum atomic E-state index is 0.380. The van der Waals surface area contributed by atoms with Crippen molar-refractivity contribution < 1.29 is 5.11 Å². The largest absolute Gasteiger partial charge is 0.508 e. The molecule has 1 N–H and O–H groups in total. The number of benzene rings is 1. The molecule has 0 saturated heterocycles. The second kappa shape index (κ2) is 4.95. The molecule has 0 aliphatic heterocycles. The number of phenolic OH excluding ortho intramolecular Hbond substituents is 1. The van der Waals surface area contributed by atoms with Gasteiger partial charge in [0.05, 0.1) is 0 Å². The number of allylic oxidation sites excluding steroid dienone is 2. The Hall–Kier alpha value is -1.24. The summed E-state index contributed by atoms with van der Waals surface area (Å²) in [5.41, 5.74) is 2.54. The van der Waals surface area contributed by atoms with E-state index in [1.165, 1.54) is 18.4 Å². The van der Waals surface area contributed by atoms with Crippen LogP contribution in [0.25, 0.3) is 0 Å². The van der Waals surface area contributed by atoms with E-state index in [-0.39, 0.29) is 0 Å². The van der Waals surface area contributed by atoms with Crippen LogP contribution in [0.1, 0.15) is 45.1 Å². The van der Waals surface area contributed by atoms with Crippen molar-refractivity contribution in [3.05, 3.63) is 41.5 Å². The molecule has 0 radical (unpaired) electrons. The molecule has 0 saturated carbocycles. The molecule has 1 aromatic rings. The molecule has 0 unspecified atom stereocenters. The van der Waals surface area contributed by atoms with Crippen molar-refractivity contribution in [3.63, 3.8) is 0 Å². The minimum absolute atomic E-state index is 0.380. The summed E-state index contributed by atoms with van der Waals surface area (Å²) in [6.07, 6.45) is 4.79. The number of hydrogen-bond acceptors (Lipinski definition) is 1. The third-order valence-corrected chi connectivity index (χ3v) is 3.95. The van der Waals surface area contributed by atoms with E-state index in [1.54, 1.807) is 6.07 Å². The van der Waals surface area contributed by atoms with E-state index in [0.29, 0.717) is 23.5 Å². The average molecular weight is 230 g/mol. The Labute approximate surface area is 104 Å². The molecule has 1 nitrogen and oxygen atoms in total. The van der Waals surface area contributed by atoms with E-state index in [2.05, 4.69) is 32.9 Å². The van der Waals surface area contributed by atoms with Crippen molar-refractivity contribution in [2.75, 3.05) is 0 Å². The summed E-state index contributed by atoms with van der Waals surface area (Å²) < 4.78 is 0. The molecule has 0 spiro atoms. The van der Waals surface area contributed by atoms with E-state index in [9.17, 15) is 5.11 Å². The Morgan fingerprint density at radius 1 is 1.24 bits per heavy atom. The summed E-state index contributed by atoms with van der Waals surface area (Å²) in [4.78, 5) is 0. The maximum absolute atomic E-state index is 10.0. The van der Waals surface area contributed by atoms with Crippen molar-refractivity contribution >= 4 is 0 Å². The van der Waals surface area contributed by atoms with Gasteiger partial charge in [0.15, 0.2) is 0 Å². The zero-order valence-corrected chi connectivity index (χ0v) is 11.0. The van der Waals surface area contributed by atoms with Gasteiger partial charge in [-0.05, 0) is 37.7 Å². The molecule has 0 heterocycles. The van der Waals surface area contributed by atoms with Gasteiger partial charge in [-0.3, -0.25) is 0 Å². The summed E-state index contributed by atoms with van der Waals surface area (Å²) in [5.74, 6) is 2.12. The molecule has 1 aliphatic carbocycles. The molecule has 1 aliphatic rings. The maximum atomic E-state index is 10.0. The van der Waals surface area contributed by atoms with Crippen molar-refractivity contribution in [2.45, 2.75) is 39.5 Å². The molecular weight excluding hydrogens is 208 g/mol. The second-order valence-electron chi connectivity index (χ2n) is 5.54. The highest BCUT2D eigenvalue weighted by Crippen LogP contribution is 2.42. The fourth-order valence-corrected chi connectivity index (χ4v) is 2.93. The fraction of sp³-hybridized carbons (Fsp3) is 0.500. The molecule has 0 fully saturated rings. The van der Waals surface area contributed by atoms with Crippen LogP contribution in [0.4, 0.5) is 0 Å². The average Bonchev–Trinajstić information content (AvgIpc) is 2.29. The van der Waals surface area contributed by atoms with Gasteiger partial charge < -0.3 is 5.11 Å².